The molecule has 1 aromatic heterocycles. The molecule has 0 saturated heterocycles. The van der Waals surface area contributed by atoms with Crippen molar-refractivity contribution in [2.75, 3.05) is 11.9 Å². The predicted molar refractivity (Wildman–Crippen MR) is 110 cm³/mol. The van der Waals surface area contributed by atoms with Crippen LogP contribution in [0.3, 0.4) is 0 Å². The first-order valence-electron chi connectivity index (χ1n) is 9.43. The van der Waals surface area contributed by atoms with E-state index in [-0.39, 0.29) is 11.8 Å². The number of nitrogens with one attached hydrogen (secondary N) is 2. The van der Waals surface area contributed by atoms with Gasteiger partial charge in [0, 0.05) is 23.4 Å². The predicted octanol–water partition coefficient (Wildman–Crippen LogP) is 2.67. The highest BCUT2D eigenvalue weighted by Gasteiger charge is 2.10. The van der Waals surface area contributed by atoms with Gasteiger partial charge in [-0.1, -0.05) is 32.0 Å². The monoisotopic (exact) mass is 392 g/mol. The minimum atomic E-state index is -0.241. The number of hydrogen-bond acceptors (Lipinski definition) is 5. The summed E-state index contributed by atoms with van der Waals surface area (Å²) in [6, 6.07) is 14.1. The molecule has 8 heteroatoms. The average molecular weight is 392 g/mol. The maximum atomic E-state index is 12.5. The maximum absolute atomic E-state index is 12.5. The molecule has 2 amide bonds. The first kappa shape index (κ1) is 20.2. The smallest absolute Gasteiger partial charge is 0.255 e. The Kier molecular flexibility index (Phi) is 6.33. The van der Waals surface area contributed by atoms with Gasteiger partial charge in [-0.3, -0.25) is 9.59 Å². The quantitative estimate of drug-likeness (QED) is 0.644. The van der Waals surface area contributed by atoms with E-state index in [1.165, 1.54) is 0 Å². The lowest BCUT2D eigenvalue weighted by Crippen LogP contribution is -2.27. The molecule has 0 bridgehead atoms. The van der Waals surface area contributed by atoms with Crippen molar-refractivity contribution in [1.82, 2.24) is 25.5 Å². The van der Waals surface area contributed by atoms with Crippen LogP contribution in [0.25, 0.3) is 0 Å². The molecule has 0 unspecified atom stereocenters. The normalized spacial score (nSPS) is 10.8. The van der Waals surface area contributed by atoms with E-state index >= 15 is 0 Å². The molecule has 8 nitrogen and oxygen atoms in total. The molecule has 0 fully saturated rings. The maximum Gasteiger partial charge on any atom is 0.255 e. The van der Waals surface area contributed by atoms with Crippen LogP contribution in [0.15, 0.2) is 48.5 Å². The zero-order valence-electron chi connectivity index (χ0n) is 16.7. The van der Waals surface area contributed by atoms with E-state index in [1.807, 2.05) is 32.9 Å². The summed E-state index contributed by atoms with van der Waals surface area (Å²) < 4.78 is 1.69. The van der Waals surface area contributed by atoms with Crippen LogP contribution in [-0.2, 0) is 6.54 Å². The molecule has 29 heavy (non-hydrogen) atoms. The standard InChI is InChI=1S/C21H24N6O2/c1-14(2)12-22-20(28)18-5-4-6-19(11-18)23-21(29)17-9-7-16(8-10-17)13-27-15(3)24-25-26-27/h4-11,14H,12-13H2,1-3H3,(H,22,28)(H,23,29). The van der Waals surface area contributed by atoms with Crippen molar-refractivity contribution in [2.24, 2.45) is 5.92 Å². The van der Waals surface area contributed by atoms with Gasteiger partial charge in [0.1, 0.15) is 5.82 Å². The lowest BCUT2D eigenvalue weighted by molar-refractivity contribution is 0.0947. The molecule has 3 aromatic rings. The number of carbonyl (C=O) groups is 2. The second-order valence-corrected chi connectivity index (χ2v) is 7.22. The average Bonchev–Trinajstić information content (AvgIpc) is 3.11. The summed E-state index contributed by atoms with van der Waals surface area (Å²) in [4.78, 5) is 24.8. The molecule has 2 aromatic carbocycles. The molecule has 150 valence electrons. The minimum Gasteiger partial charge on any atom is -0.352 e. The molecular formula is C21H24N6O2. The van der Waals surface area contributed by atoms with Crippen LogP contribution in [0.4, 0.5) is 5.69 Å². The largest absolute Gasteiger partial charge is 0.352 e. The lowest BCUT2D eigenvalue weighted by atomic mass is 10.1. The fraction of sp³-hybridized carbons (Fsp3) is 0.286. The second-order valence-electron chi connectivity index (χ2n) is 7.22. The van der Waals surface area contributed by atoms with Gasteiger partial charge in [0.25, 0.3) is 11.8 Å². The first-order chi connectivity index (χ1) is 13.9. The first-order valence-corrected chi connectivity index (χ1v) is 9.43. The molecular weight excluding hydrogens is 368 g/mol. The fourth-order valence-electron chi connectivity index (χ4n) is 2.67. The van der Waals surface area contributed by atoms with Crippen molar-refractivity contribution < 1.29 is 9.59 Å². The van der Waals surface area contributed by atoms with Crippen LogP contribution in [0.1, 0.15) is 46.0 Å². The Labute approximate surface area is 169 Å². The van der Waals surface area contributed by atoms with Crippen molar-refractivity contribution in [3.63, 3.8) is 0 Å². The Bertz CT molecular complexity index is 994. The van der Waals surface area contributed by atoms with Crippen molar-refractivity contribution in [1.29, 1.82) is 0 Å². The van der Waals surface area contributed by atoms with Gasteiger partial charge in [0.2, 0.25) is 0 Å². The third-order valence-electron chi connectivity index (χ3n) is 4.31. The van der Waals surface area contributed by atoms with Crippen LogP contribution in [0.2, 0.25) is 0 Å². The summed E-state index contributed by atoms with van der Waals surface area (Å²) in [6.45, 7) is 7.04. The van der Waals surface area contributed by atoms with E-state index in [1.54, 1.807) is 41.1 Å². The number of amides is 2. The number of hydrogen-bond donors (Lipinski definition) is 2. The third kappa shape index (κ3) is 5.47. The van der Waals surface area contributed by atoms with Gasteiger partial charge >= 0.3 is 0 Å². The highest BCUT2D eigenvalue weighted by molar-refractivity contribution is 6.05. The van der Waals surface area contributed by atoms with Crippen molar-refractivity contribution in [3.05, 3.63) is 71.0 Å². The Morgan fingerprint density at radius 2 is 1.79 bits per heavy atom. The number of benzene rings is 2. The SMILES string of the molecule is Cc1nnnn1Cc1ccc(C(=O)Nc2cccc(C(=O)NCC(C)C)c2)cc1. The van der Waals surface area contributed by atoms with Crippen LogP contribution >= 0.6 is 0 Å². The Balaban J connectivity index is 1.63. The molecule has 0 radical (unpaired) electrons. The van der Waals surface area contributed by atoms with Crippen LogP contribution in [-0.4, -0.2) is 38.6 Å². The number of aryl methyl sites for hydroxylation is 1. The van der Waals surface area contributed by atoms with Gasteiger partial charge in [-0.15, -0.1) is 5.10 Å². The minimum absolute atomic E-state index is 0.156. The molecule has 0 atom stereocenters. The highest BCUT2D eigenvalue weighted by Crippen LogP contribution is 2.14. The van der Waals surface area contributed by atoms with Crippen molar-refractivity contribution in [3.8, 4) is 0 Å². The van der Waals surface area contributed by atoms with Gasteiger partial charge in [0.05, 0.1) is 6.54 Å². The van der Waals surface area contributed by atoms with Gasteiger partial charge in [-0.25, -0.2) is 4.68 Å². The molecule has 2 N–H and O–H groups in total. The Morgan fingerprint density at radius 1 is 1.03 bits per heavy atom. The van der Waals surface area contributed by atoms with Crippen LogP contribution < -0.4 is 10.6 Å². The Morgan fingerprint density at radius 3 is 2.45 bits per heavy atom. The number of aromatic nitrogens is 4. The zero-order chi connectivity index (χ0) is 20.8. The van der Waals surface area contributed by atoms with Crippen molar-refractivity contribution in [2.45, 2.75) is 27.3 Å². The summed E-state index contributed by atoms with van der Waals surface area (Å²) in [5.74, 6) is 0.700. The summed E-state index contributed by atoms with van der Waals surface area (Å²) >= 11 is 0. The van der Waals surface area contributed by atoms with E-state index in [2.05, 4.69) is 26.2 Å². The zero-order valence-corrected chi connectivity index (χ0v) is 16.7. The van der Waals surface area contributed by atoms with E-state index < -0.39 is 0 Å². The van der Waals surface area contributed by atoms with Gasteiger partial charge in [-0.2, -0.15) is 0 Å². The molecule has 3 rings (SSSR count). The van der Waals surface area contributed by atoms with Crippen molar-refractivity contribution >= 4 is 17.5 Å². The molecule has 0 spiro atoms. The summed E-state index contributed by atoms with van der Waals surface area (Å²) in [7, 11) is 0. The topological polar surface area (TPSA) is 102 Å². The van der Waals surface area contributed by atoms with E-state index in [9.17, 15) is 9.59 Å². The molecule has 0 saturated carbocycles. The number of carbonyl (C=O) groups excluding carboxylic acids is 2. The van der Waals surface area contributed by atoms with E-state index in [0.29, 0.717) is 35.8 Å². The fourth-order valence-corrected chi connectivity index (χ4v) is 2.67. The van der Waals surface area contributed by atoms with Gasteiger partial charge in [0.15, 0.2) is 0 Å². The Hall–Kier alpha value is -3.55. The number of rotatable bonds is 7. The van der Waals surface area contributed by atoms with Crippen LogP contribution in [0, 0.1) is 12.8 Å². The molecule has 1 heterocycles. The number of tetrazole rings is 1. The third-order valence-corrected chi connectivity index (χ3v) is 4.31. The molecule has 0 aliphatic carbocycles. The summed E-state index contributed by atoms with van der Waals surface area (Å²) in [6.07, 6.45) is 0. The van der Waals surface area contributed by atoms with Crippen LogP contribution in [0.5, 0.6) is 0 Å². The lowest BCUT2D eigenvalue weighted by Gasteiger charge is -2.10. The van der Waals surface area contributed by atoms with Gasteiger partial charge in [-0.05, 0) is 59.2 Å². The summed E-state index contributed by atoms with van der Waals surface area (Å²) in [5.41, 5.74) is 2.59. The number of nitrogens with zero attached hydrogens (tertiary/aromatic N) is 4. The summed E-state index contributed by atoms with van der Waals surface area (Å²) in [5, 5.41) is 17.1. The highest BCUT2D eigenvalue weighted by atomic mass is 16.2. The number of anilines is 1. The molecule has 0 aliphatic rings. The van der Waals surface area contributed by atoms with E-state index in [4.69, 9.17) is 0 Å². The second kappa shape index (κ2) is 9.09. The molecule has 0 aliphatic heterocycles. The van der Waals surface area contributed by atoms with Gasteiger partial charge < -0.3 is 10.6 Å². The van der Waals surface area contributed by atoms with E-state index in [0.717, 1.165) is 11.4 Å².